The minimum Gasteiger partial charge on any atom is -0.227 e. The molecule has 1 rings (SSSR count). The molecule has 0 amide bonds. The molecule has 0 spiro atoms. The summed E-state index contributed by atoms with van der Waals surface area (Å²) in [6.07, 6.45) is 0.887. The number of hydrogen-bond donors (Lipinski definition) is 1. The first-order chi connectivity index (χ1) is 5.41. The van der Waals surface area contributed by atoms with Crippen molar-refractivity contribution in [1.29, 1.82) is 0 Å². The molecule has 0 saturated carbocycles. The van der Waals surface area contributed by atoms with Crippen molar-refractivity contribution >= 4 is 10.0 Å². The number of primary sulfonamides is 1. The molecule has 0 aliphatic rings. The lowest BCUT2D eigenvalue weighted by Crippen LogP contribution is -2.13. The Labute approximate surface area is 69.3 Å². The fourth-order valence-corrected chi connectivity index (χ4v) is 1.23. The maximum absolute atomic E-state index is 12.5. The number of nitrogens with zero attached hydrogens (tertiary/aromatic N) is 1. The molecule has 1 aromatic rings. The van der Waals surface area contributed by atoms with Gasteiger partial charge in [-0.25, -0.2) is 18.5 Å². The fourth-order valence-electron chi connectivity index (χ4n) is 0.688. The number of aryl methyl sites for hydroxylation is 1. The smallest absolute Gasteiger partial charge is 0.227 e. The molecule has 66 valence electrons. The van der Waals surface area contributed by atoms with Crippen molar-refractivity contribution in [2.24, 2.45) is 5.14 Å². The summed E-state index contributed by atoms with van der Waals surface area (Å²) in [7, 11) is -3.77. The van der Waals surface area contributed by atoms with Crippen molar-refractivity contribution in [2.45, 2.75) is 11.8 Å². The largest absolute Gasteiger partial charge is 0.239 e. The summed E-state index contributed by atoms with van der Waals surface area (Å²) < 4.78 is 34.0. The van der Waals surface area contributed by atoms with Crippen molar-refractivity contribution < 1.29 is 12.8 Å². The zero-order valence-corrected chi connectivity index (χ0v) is 7.10. The van der Waals surface area contributed by atoms with Crippen molar-refractivity contribution in [2.75, 3.05) is 0 Å². The molecule has 2 N–H and O–H groups in total. The summed E-state index contributed by atoms with van der Waals surface area (Å²) in [6, 6.07) is 1.14. The van der Waals surface area contributed by atoms with E-state index in [0.29, 0.717) is 0 Å². The minimum atomic E-state index is -3.77. The number of pyridine rings is 1. The molecule has 0 unspecified atom stereocenters. The molecular weight excluding hydrogens is 183 g/mol. The van der Waals surface area contributed by atoms with E-state index >= 15 is 0 Å². The first-order valence-electron chi connectivity index (χ1n) is 3.06. The van der Waals surface area contributed by atoms with Gasteiger partial charge in [0.2, 0.25) is 16.0 Å². The highest BCUT2D eigenvalue weighted by Gasteiger charge is 2.09. The van der Waals surface area contributed by atoms with E-state index in [1.54, 1.807) is 0 Å². The lowest BCUT2D eigenvalue weighted by molar-refractivity contribution is 0.568. The summed E-state index contributed by atoms with van der Waals surface area (Å²) in [4.78, 5) is 3.04. The highest BCUT2D eigenvalue weighted by molar-refractivity contribution is 7.89. The molecule has 0 aliphatic heterocycles. The van der Waals surface area contributed by atoms with E-state index in [9.17, 15) is 12.8 Å². The second-order valence-electron chi connectivity index (χ2n) is 2.32. The molecule has 0 atom stereocenters. The number of aromatic nitrogens is 1. The maximum Gasteiger partial charge on any atom is 0.239 e. The van der Waals surface area contributed by atoms with Crippen LogP contribution in [-0.4, -0.2) is 13.4 Å². The van der Waals surface area contributed by atoms with Crippen LogP contribution in [0.25, 0.3) is 0 Å². The summed E-state index contributed by atoms with van der Waals surface area (Å²) in [5, 5.41) is 4.79. The van der Waals surface area contributed by atoms with E-state index in [4.69, 9.17) is 5.14 Å². The molecule has 4 nitrogen and oxygen atoms in total. The topological polar surface area (TPSA) is 73.1 Å². The van der Waals surface area contributed by atoms with Crippen molar-refractivity contribution in [3.05, 3.63) is 23.8 Å². The summed E-state index contributed by atoms with van der Waals surface area (Å²) in [5.74, 6) is -0.692. The Morgan fingerprint density at radius 1 is 1.58 bits per heavy atom. The van der Waals surface area contributed by atoms with Crippen LogP contribution in [0.15, 0.2) is 17.2 Å². The maximum atomic E-state index is 12.5. The molecule has 0 saturated heterocycles. The first-order valence-corrected chi connectivity index (χ1v) is 4.61. The predicted octanol–water partition coefficient (Wildman–Crippen LogP) is 0.177. The molecule has 1 aromatic heterocycles. The van der Waals surface area contributed by atoms with Crippen LogP contribution in [-0.2, 0) is 10.0 Å². The standard InChI is InChI=1S/C6H7FN2O2S/c1-4-2-5(12(8,10)11)3-9-6(4)7/h2-3H,1H3,(H2,8,10,11). The third-order valence-electron chi connectivity index (χ3n) is 1.32. The molecule has 0 aromatic carbocycles. The van der Waals surface area contributed by atoms with Crippen LogP contribution in [0.1, 0.15) is 5.56 Å². The summed E-state index contributed by atoms with van der Waals surface area (Å²) in [5.41, 5.74) is 0.154. The SMILES string of the molecule is Cc1cc(S(N)(=O)=O)cnc1F. The van der Waals surface area contributed by atoms with Gasteiger partial charge in [-0.2, -0.15) is 4.39 Å². The van der Waals surface area contributed by atoms with Gasteiger partial charge >= 0.3 is 0 Å². The molecule has 0 radical (unpaired) electrons. The Balaban J connectivity index is 3.33. The van der Waals surface area contributed by atoms with E-state index in [2.05, 4.69) is 4.98 Å². The Bertz CT molecular complexity index is 402. The van der Waals surface area contributed by atoms with Gasteiger partial charge in [0.25, 0.3) is 0 Å². The lowest BCUT2D eigenvalue weighted by atomic mass is 10.3. The van der Waals surface area contributed by atoms with Crippen molar-refractivity contribution in [3.63, 3.8) is 0 Å². The van der Waals surface area contributed by atoms with Crippen LogP contribution in [0.2, 0.25) is 0 Å². The Kier molecular flexibility index (Phi) is 2.12. The normalized spacial score (nSPS) is 11.6. The van der Waals surface area contributed by atoms with E-state index in [1.807, 2.05) is 0 Å². The number of hydrogen-bond acceptors (Lipinski definition) is 3. The molecule has 0 bridgehead atoms. The summed E-state index contributed by atoms with van der Waals surface area (Å²) in [6.45, 7) is 1.41. The first kappa shape index (κ1) is 9.08. The van der Waals surface area contributed by atoms with Gasteiger partial charge in [0.15, 0.2) is 0 Å². The van der Waals surface area contributed by atoms with Crippen LogP contribution in [0.5, 0.6) is 0 Å². The van der Waals surface area contributed by atoms with Gasteiger partial charge < -0.3 is 0 Å². The van der Waals surface area contributed by atoms with Crippen molar-refractivity contribution in [3.8, 4) is 0 Å². The second-order valence-corrected chi connectivity index (χ2v) is 3.89. The van der Waals surface area contributed by atoms with Crippen LogP contribution >= 0.6 is 0 Å². The molecule has 0 fully saturated rings. The van der Waals surface area contributed by atoms with E-state index in [1.165, 1.54) is 6.92 Å². The van der Waals surface area contributed by atoms with Crippen LogP contribution in [0.3, 0.4) is 0 Å². The highest BCUT2D eigenvalue weighted by Crippen LogP contribution is 2.09. The monoisotopic (exact) mass is 190 g/mol. The minimum absolute atomic E-state index is 0.154. The molecule has 6 heteroatoms. The zero-order chi connectivity index (χ0) is 9.35. The predicted molar refractivity (Wildman–Crippen MR) is 40.3 cm³/mol. The van der Waals surface area contributed by atoms with E-state index in [0.717, 1.165) is 12.3 Å². The Hall–Kier alpha value is -1.01. The molecule has 12 heavy (non-hydrogen) atoms. The molecule has 1 heterocycles. The van der Waals surface area contributed by atoms with E-state index < -0.39 is 16.0 Å². The molecular formula is C6H7FN2O2S. The van der Waals surface area contributed by atoms with Crippen LogP contribution in [0, 0.1) is 12.9 Å². The van der Waals surface area contributed by atoms with Gasteiger partial charge in [-0.3, -0.25) is 0 Å². The van der Waals surface area contributed by atoms with Crippen molar-refractivity contribution in [1.82, 2.24) is 4.98 Å². The zero-order valence-electron chi connectivity index (χ0n) is 6.28. The number of sulfonamides is 1. The van der Waals surface area contributed by atoms with Gasteiger partial charge in [0.05, 0.1) is 6.20 Å². The quantitative estimate of drug-likeness (QED) is 0.642. The van der Waals surface area contributed by atoms with Gasteiger partial charge in [-0.05, 0) is 13.0 Å². The average Bonchev–Trinajstić information content (AvgIpc) is 1.92. The van der Waals surface area contributed by atoms with Crippen LogP contribution < -0.4 is 5.14 Å². The summed E-state index contributed by atoms with van der Waals surface area (Å²) >= 11 is 0. The Morgan fingerprint density at radius 2 is 2.17 bits per heavy atom. The van der Waals surface area contributed by atoms with Gasteiger partial charge in [0.1, 0.15) is 4.90 Å². The van der Waals surface area contributed by atoms with E-state index in [-0.39, 0.29) is 10.5 Å². The third kappa shape index (κ3) is 1.77. The van der Waals surface area contributed by atoms with Gasteiger partial charge in [0, 0.05) is 5.56 Å². The third-order valence-corrected chi connectivity index (χ3v) is 2.20. The lowest BCUT2D eigenvalue weighted by Gasteiger charge is -1.98. The van der Waals surface area contributed by atoms with Gasteiger partial charge in [-0.1, -0.05) is 0 Å². The second kappa shape index (κ2) is 2.80. The molecule has 0 aliphatic carbocycles. The number of rotatable bonds is 1. The number of halogens is 1. The fraction of sp³-hybridized carbons (Fsp3) is 0.167. The number of nitrogens with two attached hydrogens (primary N) is 1. The van der Waals surface area contributed by atoms with Crippen LogP contribution in [0.4, 0.5) is 4.39 Å². The van der Waals surface area contributed by atoms with Gasteiger partial charge in [-0.15, -0.1) is 0 Å². The highest BCUT2D eigenvalue weighted by atomic mass is 32.2. The Morgan fingerprint density at radius 3 is 2.58 bits per heavy atom. The average molecular weight is 190 g/mol.